The maximum Gasteiger partial charge on any atom is 0.134 e. The highest BCUT2D eigenvalue weighted by Crippen LogP contribution is 2.23. The van der Waals surface area contributed by atoms with Crippen LogP contribution in [0.4, 0.5) is 5.82 Å². The minimum absolute atomic E-state index is 0.512. The molecule has 1 unspecified atom stereocenters. The molecule has 0 N–H and O–H groups in total. The zero-order chi connectivity index (χ0) is 11.5. The molecule has 1 aliphatic rings. The van der Waals surface area contributed by atoms with Gasteiger partial charge in [0.2, 0.25) is 0 Å². The first kappa shape index (κ1) is 11.6. The average Bonchev–Trinajstić information content (AvgIpc) is 2.65. The van der Waals surface area contributed by atoms with Gasteiger partial charge in [-0.25, -0.2) is 9.97 Å². The zero-order valence-corrected chi connectivity index (χ0v) is 10.4. The Morgan fingerprint density at radius 1 is 1.56 bits per heavy atom. The van der Waals surface area contributed by atoms with Gasteiger partial charge in [-0.3, -0.25) is 0 Å². The Labute approximate surface area is 101 Å². The number of halogens is 1. The molecule has 0 radical (unpaired) electrons. The summed E-state index contributed by atoms with van der Waals surface area (Å²) in [5, 5.41) is 0.512. The molecule has 0 saturated carbocycles. The van der Waals surface area contributed by atoms with E-state index in [0.717, 1.165) is 37.8 Å². The second-order valence-corrected chi connectivity index (χ2v) is 4.54. The van der Waals surface area contributed by atoms with Gasteiger partial charge in [0.25, 0.3) is 0 Å². The maximum atomic E-state index is 5.92. The van der Waals surface area contributed by atoms with E-state index in [-0.39, 0.29) is 0 Å². The number of aromatic nitrogens is 2. The number of methoxy groups -OCH3 is 1. The predicted molar refractivity (Wildman–Crippen MR) is 64.0 cm³/mol. The first-order valence-electron chi connectivity index (χ1n) is 5.44. The Kier molecular flexibility index (Phi) is 3.61. The van der Waals surface area contributed by atoms with Crippen molar-refractivity contribution in [1.29, 1.82) is 0 Å². The van der Waals surface area contributed by atoms with E-state index in [1.54, 1.807) is 7.11 Å². The van der Waals surface area contributed by atoms with Gasteiger partial charge in [-0.2, -0.15) is 0 Å². The molecule has 1 atom stereocenters. The van der Waals surface area contributed by atoms with Crippen molar-refractivity contribution >= 4 is 17.4 Å². The fourth-order valence-corrected chi connectivity index (χ4v) is 2.31. The minimum Gasteiger partial charge on any atom is -0.384 e. The quantitative estimate of drug-likeness (QED) is 0.758. The molecule has 1 aromatic rings. The van der Waals surface area contributed by atoms with Crippen LogP contribution in [0.2, 0.25) is 5.15 Å². The van der Waals surface area contributed by atoms with Crippen molar-refractivity contribution in [3.8, 4) is 0 Å². The summed E-state index contributed by atoms with van der Waals surface area (Å²) in [7, 11) is 1.74. The fourth-order valence-electron chi connectivity index (χ4n) is 2.09. The summed E-state index contributed by atoms with van der Waals surface area (Å²) in [5.41, 5.74) is 0. The Morgan fingerprint density at radius 3 is 3.06 bits per heavy atom. The van der Waals surface area contributed by atoms with E-state index in [1.165, 1.54) is 0 Å². The summed E-state index contributed by atoms with van der Waals surface area (Å²) in [6.07, 6.45) is 1.15. The van der Waals surface area contributed by atoms with Crippen molar-refractivity contribution in [3.05, 3.63) is 17.0 Å². The third kappa shape index (κ3) is 2.62. The molecule has 0 aliphatic carbocycles. The average molecular weight is 242 g/mol. The second-order valence-electron chi connectivity index (χ2n) is 4.15. The molecule has 1 aliphatic heterocycles. The highest BCUT2D eigenvalue weighted by molar-refractivity contribution is 6.29. The van der Waals surface area contributed by atoms with Gasteiger partial charge >= 0.3 is 0 Å². The first-order valence-corrected chi connectivity index (χ1v) is 5.82. The Morgan fingerprint density at radius 2 is 2.38 bits per heavy atom. The van der Waals surface area contributed by atoms with Crippen molar-refractivity contribution in [2.75, 3.05) is 31.7 Å². The third-order valence-electron chi connectivity index (χ3n) is 2.81. The fraction of sp³-hybridized carbons (Fsp3) is 0.636. The van der Waals surface area contributed by atoms with Gasteiger partial charge in [0.15, 0.2) is 0 Å². The second kappa shape index (κ2) is 4.97. The summed E-state index contributed by atoms with van der Waals surface area (Å²) < 4.78 is 5.17. The normalized spacial score (nSPS) is 20.4. The Balaban J connectivity index is 2.08. The summed E-state index contributed by atoms with van der Waals surface area (Å²) in [6.45, 7) is 4.67. The van der Waals surface area contributed by atoms with E-state index in [4.69, 9.17) is 16.3 Å². The van der Waals surface area contributed by atoms with Crippen molar-refractivity contribution < 1.29 is 4.74 Å². The molecule has 2 rings (SSSR count). The maximum absolute atomic E-state index is 5.92. The standard InChI is InChI=1S/C11H16ClN3O/c1-8-13-10(12)5-11(14-8)15-4-3-9(6-15)7-16-2/h5,9H,3-4,6-7H2,1-2H3. The van der Waals surface area contributed by atoms with Gasteiger partial charge in [-0.1, -0.05) is 11.6 Å². The topological polar surface area (TPSA) is 38.2 Å². The summed E-state index contributed by atoms with van der Waals surface area (Å²) >= 11 is 5.92. The SMILES string of the molecule is COCC1CCN(c2cc(Cl)nc(C)n2)C1. The zero-order valence-electron chi connectivity index (χ0n) is 9.61. The molecule has 0 bridgehead atoms. The largest absolute Gasteiger partial charge is 0.384 e. The molecule has 88 valence electrons. The van der Waals surface area contributed by atoms with Crippen molar-refractivity contribution in [1.82, 2.24) is 9.97 Å². The molecular weight excluding hydrogens is 226 g/mol. The van der Waals surface area contributed by atoms with Gasteiger partial charge in [0.05, 0.1) is 6.61 Å². The molecule has 0 amide bonds. The van der Waals surface area contributed by atoms with E-state index in [9.17, 15) is 0 Å². The van der Waals surface area contributed by atoms with Crippen molar-refractivity contribution in [3.63, 3.8) is 0 Å². The smallest absolute Gasteiger partial charge is 0.134 e. The van der Waals surface area contributed by atoms with Crippen molar-refractivity contribution in [2.45, 2.75) is 13.3 Å². The molecule has 1 saturated heterocycles. The lowest BCUT2D eigenvalue weighted by Gasteiger charge is -2.17. The molecule has 5 heteroatoms. The molecule has 16 heavy (non-hydrogen) atoms. The molecule has 4 nitrogen and oxygen atoms in total. The number of rotatable bonds is 3. The predicted octanol–water partition coefficient (Wildman–Crippen LogP) is 1.91. The molecule has 1 aromatic heterocycles. The monoisotopic (exact) mass is 241 g/mol. The van der Waals surface area contributed by atoms with Crippen LogP contribution in [0.5, 0.6) is 0 Å². The summed E-state index contributed by atoms with van der Waals surface area (Å²) in [4.78, 5) is 10.7. The summed E-state index contributed by atoms with van der Waals surface area (Å²) in [5.74, 6) is 2.24. The molecule has 0 spiro atoms. The molecule has 0 aromatic carbocycles. The van der Waals surface area contributed by atoms with E-state index in [2.05, 4.69) is 14.9 Å². The van der Waals surface area contributed by atoms with Crippen LogP contribution in [0.25, 0.3) is 0 Å². The number of anilines is 1. The molecule has 2 heterocycles. The van der Waals surface area contributed by atoms with Crippen LogP contribution in [0.1, 0.15) is 12.2 Å². The third-order valence-corrected chi connectivity index (χ3v) is 3.00. The molecule has 1 fully saturated rings. The summed E-state index contributed by atoms with van der Waals surface area (Å²) in [6, 6.07) is 1.82. The lowest BCUT2D eigenvalue weighted by Crippen LogP contribution is -2.22. The van der Waals surface area contributed by atoms with Crippen molar-refractivity contribution in [2.24, 2.45) is 5.92 Å². The van der Waals surface area contributed by atoms with Crippen LogP contribution in [0.15, 0.2) is 6.07 Å². The number of hydrogen-bond acceptors (Lipinski definition) is 4. The van der Waals surface area contributed by atoms with Gasteiger partial charge in [0.1, 0.15) is 16.8 Å². The van der Waals surface area contributed by atoms with Gasteiger partial charge in [-0.15, -0.1) is 0 Å². The van der Waals surface area contributed by atoms with E-state index in [1.807, 2.05) is 13.0 Å². The molecular formula is C11H16ClN3O. The van der Waals surface area contributed by atoms with Crippen LogP contribution in [-0.2, 0) is 4.74 Å². The minimum atomic E-state index is 0.512. The lowest BCUT2D eigenvalue weighted by molar-refractivity contribution is 0.161. The van der Waals surface area contributed by atoms with E-state index >= 15 is 0 Å². The van der Waals surface area contributed by atoms with E-state index in [0.29, 0.717) is 11.1 Å². The van der Waals surface area contributed by atoms with Crippen LogP contribution in [0.3, 0.4) is 0 Å². The number of ether oxygens (including phenoxy) is 1. The van der Waals surface area contributed by atoms with E-state index < -0.39 is 0 Å². The first-order chi connectivity index (χ1) is 7.69. The van der Waals surface area contributed by atoms with Crippen LogP contribution in [-0.4, -0.2) is 36.8 Å². The lowest BCUT2D eigenvalue weighted by atomic mass is 10.1. The highest BCUT2D eigenvalue weighted by Gasteiger charge is 2.23. The number of aryl methyl sites for hydroxylation is 1. The van der Waals surface area contributed by atoms with Crippen LogP contribution in [0, 0.1) is 12.8 Å². The van der Waals surface area contributed by atoms with Gasteiger partial charge < -0.3 is 9.64 Å². The van der Waals surface area contributed by atoms with Crippen LogP contribution < -0.4 is 4.90 Å². The Hall–Kier alpha value is -0.870. The Bertz CT molecular complexity index is 352. The number of hydrogen-bond donors (Lipinski definition) is 0. The van der Waals surface area contributed by atoms with Crippen LogP contribution >= 0.6 is 11.6 Å². The van der Waals surface area contributed by atoms with Gasteiger partial charge in [-0.05, 0) is 13.3 Å². The van der Waals surface area contributed by atoms with Gasteiger partial charge in [0, 0.05) is 32.2 Å². The number of nitrogens with zero attached hydrogens (tertiary/aromatic N) is 3. The highest BCUT2D eigenvalue weighted by atomic mass is 35.5.